The van der Waals surface area contributed by atoms with Crippen molar-refractivity contribution < 1.29 is 23.1 Å². The lowest BCUT2D eigenvalue weighted by Gasteiger charge is -2.17. The van der Waals surface area contributed by atoms with Crippen LogP contribution in [0.1, 0.15) is 26.2 Å². The van der Waals surface area contributed by atoms with Crippen molar-refractivity contribution in [2.45, 2.75) is 32.2 Å². The van der Waals surface area contributed by atoms with E-state index < -0.39 is 29.6 Å². The zero-order valence-corrected chi connectivity index (χ0v) is 14.8. The molecule has 1 aromatic carbocycles. The Morgan fingerprint density at radius 1 is 1.32 bits per heavy atom. The number of nitrogens with one attached hydrogen (secondary N) is 3. The Morgan fingerprint density at radius 2 is 2.04 bits per heavy atom. The van der Waals surface area contributed by atoms with Crippen LogP contribution in [0.25, 0.3) is 0 Å². The summed E-state index contributed by atoms with van der Waals surface area (Å²) in [5.74, 6) is -2.30. The van der Waals surface area contributed by atoms with E-state index in [0.717, 1.165) is 31.0 Å². The minimum Gasteiger partial charge on any atom is -0.467 e. The van der Waals surface area contributed by atoms with Gasteiger partial charge in [0.15, 0.2) is 5.11 Å². The average Bonchev–Trinajstić information content (AvgIpc) is 2.59. The molecule has 0 spiro atoms. The molecule has 1 aromatic rings. The second kappa shape index (κ2) is 10.5. The highest BCUT2D eigenvalue weighted by atomic mass is 32.1. The van der Waals surface area contributed by atoms with E-state index in [1.54, 1.807) is 0 Å². The van der Waals surface area contributed by atoms with Crippen molar-refractivity contribution >= 4 is 34.9 Å². The van der Waals surface area contributed by atoms with Crippen LogP contribution in [0.5, 0.6) is 0 Å². The summed E-state index contributed by atoms with van der Waals surface area (Å²) in [7, 11) is 1.25. The quantitative estimate of drug-likeness (QED) is 0.478. The highest BCUT2D eigenvalue weighted by Gasteiger charge is 2.20. The molecule has 0 aliphatic heterocycles. The number of halogens is 2. The number of carbonyl (C=O) groups is 2. The minimum atomic E-state index is -0.735. The van der Waals surface area contributed by atoms with Crippen molar-refractivity contribution in [3.05, 3.63) is 29.8 Å². The van der Waals surface area contributed by atoms with E-state index in [-0.39, 0.29) is 17.3 Å². The number of benzene rings is 1. The van der Waals surface area contributed by atoms with Gasteiger partial charge < -0.3 is 20.7 Å². The number of thiocarbonyl (C=S) groups is 1. The van der Waals surface area contributed by atoms with Gasteiger partial charge in [-0.1, -0.05) is 19.8 Å². The van der Waals surface area contributed by atoms with E-state index in [0.29, 0.717) is 6.42 Å². The highest BCUT2D eigenvalue weighted by molar-refractivity contribution is 7.80. The van der Waals surface area contributed by atoms with Gasteiger partial charge in [-0.15, -0.1) is 0 Å². The summed E-state index contributed by atoms with van der Waals surface area (Å²) in [6.07, 6.45) is 2.09. The number of carbonyl (C=O) groups excluding carboxylic acids is 2. The number of esters is 1. The number of anilines is 1. The molecule has 0 fully saturated rings. The predicted molar refractivity (Wildman–Crippen MR) is 94.1 cm³/mol. The van der Waals surface area contributed by atoms with Crippen molar-refractivity contribution in [2.24, 2.45) is 0 Å². The Kier molecular flexibility index (Phi) is 8.76. The maximum Gasteiger partial charge on any atom is 0.328 e. The molecule has 3 N–H and O–H groups in total. The molecule has 0 bridgehead atoms. The first-order valence-corrected chi connectivity index (χ1v) is 8.15. The molecule has 0 aromatic heterocycles. The molecule has 138 valence electrons. The van der Waals surface area contributed by atoms with Crippen LogP contribution in [-0.2, 0) is 14.3 Å². The molecule has 0 aliphatic rings. The third-order valence-corrected chi connectivity index (χ3v) is 3.50. The van der Waals surface area contributed by atoms with E-state index in [9.17, 15) is 18.4 Å². The number of hydrogen-bond donors (Lipinski definition) is 3. The third-order valence-electron chi connectivity index (χ3n) is 3.25. The fraction of sp³-hybridized carbons (Fsp3) is 0.438. The summed E-state index contributed by atoms with van der Waals surface area (Å²) < 4.78 is 31.2. The summed E-state index contributed by atoms with van der Waals surface area (Å²) in [4.78, 5) is 23.5. The van der Waals surface area contributed by atoms with Gasteiger partial charge in [-0.2, -0.15) is 0 Å². The lowest BCUT2D eigenvalue weighted by atomic mass is 10.1. The smallest absolute Gasteiger partial charge is 0.328 e. The van der Waals surface area contributed by atoms with Crippen molar-refractivity contribution in [2.75, 3.05) is 19.0 Å². The van der Waals surface area contributed by atoms with Crippen molar-refractivity contribution in [1.82, 2.24) is 10.6 Å². The standard InChI is InChI=1S/C16H21F2N3O3S/c1-3-4-5-12(15(23)24-2)20-14(22)9-19-16(25)21-13-8-10(17)6-7-11(13)18/h6-8,12H,3-5,9H2,1-2H3,(H,20,22)(H2,19,21,25). The minimum absolute atomic E-state index is 0.0529. The number of methoxy groups -OCH3 is 1. The second-order valence-corrected chi connectivity index (χ2v) is 5.63. The van der Waals surface area contributed by atoms with Crippen LogP contribution in [0.2, 0.25) is 0 Å². The van der Waals surface area contributed by atoms with Gasteiger partial charge in [-0.05, 0) is 30.8 Å². The normalized spacial score (nSPS) is 11.4. The molecule has 0 saturated heterocycles. The summed E-state index contributed by atoms with van der Waals surface area (Å²) in [6.45, 7) is 1.73. The van der Waals surface area contributed by atoms with E-state index >= 15 is 0 Å². The van der Waals surface area contributed by atoms with Crippen molar-refractivity contribution in [1.29, 1.82) is 0 Å². The number of hydrogen-bond acceptors (Lipinski definition) is 4. The maximum absolute atomic E-state index is 13.5. The Labute approximate surface area is 150 Å². The van der Waals surface area contributed by atoms with Gasteiger partial charge in [-0.25, -0.2) is 13.6 Å². The van der Waals surface area contributed by atoms with Gasteiger partial charge >= 0.3 is 5.97 Å². The Hall–Kier alpha value is -2.29. The van der Waals surface area contributed by atoms with Gasteiger partial charge in [0.05, 0.1) is 19.3 Å². The van der Waals surface area contributed by atoms with Gasteiger partial charge in [0.1, 0.15) is 17.7 Å². The first-order chi connectivity index (χ1) is 11.9. The summed E-state index contributed by atoms with van der Waals surface area (Å²) >= 11 is 4.93. The van der Waals surface area contributed by atoms with Crippen LogP contribution in [0.15, 0.2) is 18.2 Å². The molecule has 1 rings (SSSR count). The zero-order chi connectivity index (χ0) is 18.8. The first-order valence-electron chi connectivity index (χ1n) is 7.74. The molecule has 1 amide bonds. The molecule has 1 atom stereocenters. The molecule has 0 heterocycles. The summed E-state index contributed by atoms with van der Waals surface area (Å²) in [6, 6.07) is 2.15. The van der Waals surface area contributed by atoms with E-state index in [1.807, 2.05) is 6.92 Å². The lowest BCUT2D eigenvalue weighted by Crippen LogP contribution is -2.46. The SMILES string of the molecule is CCCCC(NC(=O)CNC(=S)Nc1cc(F)ccc1F)C(=O)OC. The Morgan fingerprint density at radius 3 is 2.68 bits per heavy atom. The molecular weight excluding hydrogens is 352 g/mol. The molecule has 0 radical (unpaired) electrons. The number of rotatable bonds is 8. The largest absolute Gasteiger partial charge is 0.467 e. The topological polar surface area (TPSA) is 79.5 Å². The van der Waals surface area contributed by atoms with Crippen molar-refractivity contribution in [3.8, 4) is 0 Å². The molecule has 0 saturated carbocycles. The third kappa shape index (κ3) is 7.42. The first kappa shape index (κ1) is 20.8. The number of unbranched alkanes of at least 4 members (excludes halogenated alkanes) is 1. The van der Waals surface area contributed by atoms with Gasteiger partial charge in [0.2, 0.25) is 5.91 Å². The maximum atomic E-state index is 13.5. The highest BCUT2D eigenvalue weighted by Crippen LogP contribution is 2.14. The monoisotopic (exact) mass is 373 g/mol. The van der Waals surface area contributed by atoms with Crippen LogP contribution in [0.3, 0.4) is 0 Å². The molecule has 0 aliphatic carbocycles. The van der Waals surface area contributed by atoms with E-state index in [4.69, 9.17) is 12.2 Å². The van der Waals surface area contributed by atoms with Crippen LogP contribution < -0.4 is 16.0 Å². The van der Waals surface area contributed by atoms with E-state index in [1.165, 1.54) is 7.11 Å². The van der Waals surface area contributed by atoms with Gasteiger partial charge in [-0.3, -0.25) is 4.79 Å². The van der Waals surface area contributed by atoms with Crippen molar-refractivity contribution in [3.63, 3.8) is 0 Å². The van der Waals surface area contributed by atoms with Crippen LogP contribution in [0.4, 0.5) is 14.5 Å². The molecular formula is C16H21F2N3O3S. The predicted octanol–water partition coefficient (Wildman–Crippen LogP) is 2.10. The average molecular weight is 373 g/mol. The Bertz CT molecular complexity index is 629. The van der Waals surface area contributed by atoms with E-state index in [2.05, 4.69) is 20.7 Å². The fourth-order valence-electron chi connectivity index (χ4n) is 1.97. The van der Waals surface area contributed by atoms with Gasteiger partial charge in [0, 0.05) is 6.07 Å². The van der Waals surface area contributed by atoms with Gasteiger partial charge in [0.25, 0.3) is 0 Å². The molecule has 9 heteroatoms. The van der Waals surface area contributed by atoms with Crippen LogP contribution in [-0.4, -0.2) is 36.7 Å². The molecule has 25 heavy (non-hydrogen) atoms. The second-order valence-electron chi connectivity index (χ2n) is 5.22. The van der Waals surface area contributed by atoms with Crippen LogP contribution >= 0.6 is 12.2 Å². The summed E-state index contributed by atoms with van der Waals surface area (Å²) in [5.41, 5.74) is -0.145. The van der Waals surface area contributed by atoms with Crippen LogP contribution in [0, 0.1) is 11.6 Å². The summed E-state index contributed by atoms with van der Waals surface area (Å²) in [5, 5.41) is 7.52. The number of amides is 1. The fourth-order valence-corrected chi connectivity index (χ4v) is 2.15. The Balaban J connectivity index is 2.49. The molecule has 6 nitrogen and oxygen atoms in total. The molecule has 1 unspecified atom stereocenters. The number of ether oxygens (including phenoxy) is 1. The zero-order valence-electron chi connectivity index (χ0n) is 14.0. The lowest BCUT2D eigenvalue weighted by molar-refractivity contribution is -0.145.